The molecule has 0 fully saturated rings. The molecule has 0 bridgehead atoms. The monoisotopic (exact) mass is 255 g/mol. The van der Waals surface area contributed by atoms with Crippen LogP contribution in [0, 0.1) is 0 Å². The van der Waals surface area contributed by atoms with Gasteiger partial charge < -0.3 is 4.74 Å². The number of alkyl halides is 3. The zero-order chi connectivity index (χ0) is 9.90. The summed E-state index contributed by atoms with van der Waals surface area (Å²) in [5.74, 6) is -0.190. The summed E-state index contributed by atoms with van der Waals surface area (Å²) >= 11 is 2.89. The molecule has 0 aromatic carbocycles. The Morgan fingerprint density at radius 1 is 1.54 bits per heavy atom. The van der Waals surface area contributed by atoms with Gasteiger partial charge in [-0.1, -0.05) is 0 Å². The van der Waals surface area contributed by atoms with E-state index >= 15 is 0 Å². The zero-order valence-corrected chi connectivity index (χ0v) is 7.89. The van der Waals surface area contributed by atoms with Gasteiger partial charge in [-0.15, -0.1) is 0 Å². The molecule has 0 radical (unpaired) electrons. The van der Waals surface area contributed by atoms with Crippen LogP contribution in [0.25, 0.3) is 0 Å². The number of ether oxygens (including phenoxy) is 1. The first-order chi connectivity index (χ1) is 6.05. The second-order valence-corrected chi connectivity index (χ2v) is 2.92. The van der Waals surface area contributed by atoms with Crippen molar-refractivity contribution >= 4 is 15.9 Å². The SMILES string of the molecule is FCC(F)(F)Oc1cccnc1Br. The third kappa shape index (κ3) is 2.87. The fraction of sp³-hybridized carbons (Fsp3) is 0.286. The van der Waals surface area contributed by atoms with E-state index in [0.29, 0.717) is 0 Å². The molecule has 0 unspecified atom stereocenters. The molecule has 1 heterocycles. The summed E-state index contributed by atoms with van der Waals surface area (Å²) in [7, 11) is 0. The Labute approximate surface area is 80.9 Å². The second-order valence-electron chi connectivity index (χ2n) is 2.17. The molecule has 0 N–H and O–H groups in total. The summed E-state index contributed by atoms with van der Waals surface area (Å²) in [6, 6.07) is 2.68. The van der Waals surface area contributed by atoms with Gasteiger partial charge >= 0.3 is 6.11 Å². The molecule has 1 rings (SSSR count). The van der Waals surface area contributed by atoms with E-state index in [4.69, 9.17) is 0 Å². The lowest BCUT2D eigenvalue weighted by molar-refractivity contribution is -0.186. The highest BCUT2D eigenvalue weighted by atomic mass is 79.9. The van der Waals surface area contributed by atoms with Gasteiger partial charge in [0.15, 0.2) is 12.4 Å². The lowest BCUT2D eigenvalue weighted by Gasteiger charge is -2.14. The van der Waals surface area contributed by atoms with Gasteiger partial charge in [0.1, 0.15) is 4.60 Å². The highest BCUT2D eigenvalue weighted by molar-refractivity contribution is 9.10. The maximum atomic E-state index is 12.4. The summed E-state index contributed by atoms with van der Waals surface area (Å²) in [5.41, 5.74) is 0. The van der Waals surface area contributed by atoms with Gasteiger partial charge in [0.05, 0.1) is 0 Å². The van der Waals surface area contributed by atoms with Crippen molar-refractivity contribution in [3.63, 3.8) is 0 Å². The van der Waals surface area contributed by atoms with Gasteiger partial charge in [-0.25, -0.2) is 9.37 Å². The highest BCUT2D eigenvalue weighted by Gasteiger charge is 2.32. The normalized spacial score (nSPS) is 11.4. The predicted octanol–water partition coefficient (Wildman–Crippen LogP) is 2.79. The quantitative estimate of drug-likeness (QED) is 0.776. The van der Waals surface area contributed by atoms with Crippen LogP contribution in [0.1, 0.15) is 0 Å². The van der Waals surface area contributed by atoms with E-state index in [-0.39, 0.29) is 10.4 Å². The van der Waals surface area contributed by atoms with Crippen molar-refractivity contribution in [3.05, 3.63) is 22.9 Å². The molecule has 0 spiro atoms. The van der Waals surface area contributed by atoms with Crippen LogP contribution in [0.4, 0.5) is 13.2 Å². The van der Waals surface area contributed by atoms with E-state index in [0.717, 1.165) is 0 Å². The minimum Gasteiger partial charge on any atom is -0.428 e. The van der Waals surface area contributed by atoms with Crippen LogP contribution in [0.5, 0.6) is 5.75 Å². The summed E-state index contributed by atoms with van der Waals surface area (Å²) < 4.78 is 40.6. The number of pyridine rings is 1. The van der Waals surface area contributed by atoms with Crippen LogP contribution in [0.2, 0.25) is 0 Å². The molecule has 0 aliphatic carbocycles. The van der Waals surface area contributed by atoms with Crippen LogP contribution in [0.3, 0.4) is 0 Å². The third-order valence-electron chi connectivity index (χ3n) is 1.14. The molecule has 1 aromatic rings. The number of hydrogen-bond donors (Lipinski definition) is 0. The molecule has 0 aliphatic heterocycles. The van der Waals surface area contributed by atoms with Gasteiger partial charge in [-0.2, -0.15) is 8.78 Å². The molecule has 2 nitrogen and oxygen atoms in total. The van der Waals surface area contributed by atoms with Crippen molar-refractivity contribution in [2.24, 2.45) is 0 Å². The first-order valence-electron chi connectivity index (χ1n) is 3.28. The van der Waals surface area contributed by atoms with E-state index in [1.54, 1.807) is 0 Å². The first-order valence-corrected chi connectivity index (χ1v) is 4.08. The van der Waals surface area contributed by atoms with E-state index in [2.05, 4.69) is 25.7 Å². The summed E-state index contributed by atoms with van der Waals surface area (Å²) in [6.07, 6.45) is -2.41. The second kappa shape index (κ2) is 3.95. The minimum atomic E-state index is -3.80. The Morgan fingerprint density at radius 2 is 2.23 bits per heavy atom. The molecule has 6 heteroatoms. The van der Waals surface area contributed by atoms with Gasteiger partial charge in [0.25, 0.3) is 0 Å². The highest BCUT2D eigenvalue weighted by Crippen LogP contribution is 2.27. The molecule has 72 valence electrons. The number of hydrogen-bond acceptors (Lipinski definition) is 2. The molecule has 1 aromatic heterocycles. The molecule has 0 aliphatic rings. The fourth-order valence-electron chi connectivity index (χ4n) is 0.636. The number of aromatic nitrogens is 1. The fourth-order valence-corrected chi connectivity index (χ4v) is 0.967. The Bertz CT molecular complexity index is 295. The lowest BCUT2D eigenvalue weighted by Crippen LogP contribution is -2.27. The average Bonchev–Trinajstić information content (AvgIpc) is 2.09. The molecular weight excluding hydrogens is 251 g/mol. The Hall–Kier alpha value is -0.780. The summed E-state index contributed by atoms with van der Waals surface area (Å²) in [6.45, 7) is -1.87. The molecule has 0 saturated carbocycles. The van der Waals surface area contributed by atoms with Crippen molar-refractivity contribution in [1.82, 2.24) is 4.98 Å². The average molecular weight is 256 g/mol. The number of nitrogens with zero attached hydrogens (tertiary/aromatic N) is 1. The number of halogens is 4. The minimum absolute atomic E-state index is 0.114. The van der Waals surface area contributed by atoms with Crippen LogP contribution < -0.4 is 4.74 Å². The van der Waals surface area contributed by atoms with Crippen molar-refractivity contribution in [1.29, 1.82) is 0 Å². The van der Waals surface area contributed by atoms with E-state index in [1.165, 1.54) is 18.3 Å². The molecule has 13 heavy (non-hydrogen) atoms. The maximum Gasteiger partial charge on any atom is 0.427 e. The molecule has 0 saturated heterocycles. The van der Waals surface area contributed by atoms with Crippen LogP contribution >= 0.6 is 15.9 Å². The third-order valence-corrected chi connectivity index (χ3v) is 1.74. The lowest BCUT2D eigenvalue weighted by atomic mass is 10.5. The largest absolute Gasteiger partial charge is 0.428 e. The van der Waals surface area contributed by atoms with Gasteiger partial charge in [-0.3, -0.25) is 0 Å². The Morgan fingerprint density at radius 3 is 2.77 bits per heavy atom. The topological polar surface area (TPSA) is 22.1 Å². The standard InChI is InChI=1S/C7H5BrF3NO/c8-6-5(2-1-3-12-6)13-7(10,11)4-9/h1-3H,4H2. The van der Waals surface area contributed by atoms with E-state index < -0.39 is 12.8 Å². The van der Waals surface area contributed by atoms with E-state index in [9.17, 15) is 13.2 Å². The number of rotatable bonds is 3. The Kier molecular flexibility index (Phi) is 3.13. The summed E-state index contributed by atoms with van der Waals surface area (Å²) in [4.78, 5) is 3.63. The van der Waals surface area contributed by atoms with Crippen molar-refractivity contribution < 1.29 is 17.9 Å². The van der Waals surface area contributed by atoms with Crippen molar-refractivity contribution in [2.45, 2.75) is 6.11 Å². The van der Waals surface area contributed by atoms with Crippen molar-refractivity contribution in [3.8, 4) is 5.75 Å². The molecule has 0 atom stereocenters. The smallest absolute Gasteiger partial charge is 0.427 e. The summed E-state index contributed by atoms with van der Waals surface area (Å²) in [5, 5.41) is 0. The molecular formula is C7H5BrF3NO. The van der Waals surface area contributed by atoms with Crippen LogP contribution in [0.15, 0.2) is 22.9 Å². The molecule has 0 amide bonds. The van der Waals surface area contributed by atoms with Crippen LogP contribution in [-0.4, -0.2) is 17.8 Å². The van der Waals surface area contributed by atoms with Gasteiger partial charge in [0, 0.05) is 6.20 Å². The van der Waals surface area contributed by atoms with E-state index in [1.807, 2.05) is 0 Å². The predicted molar refractivity (Wildman–Crippen MR) is 43.5 cm³/mol. The zero-order valence-electron chi connectivity index (χ0n) is 6.31. The Balaban J connectivity index is 2.80. The van der Waals surface area contributed by atoms with Crippen LogP contribution in [-0.2, 0) is 0 Å². The maximum absolute atomic E-state index is 12.4. The van der Waals surface area contributed by atoms with Gasteiger partial charge in [0.2, 0.25) is 0 Å². The van der Waals surface area contributed by atoms with Gasteiger partial charge in [-0.05, 0) is 28.1 Å². The first kappa shape index (κ1) is 10.3. The van der Waals surface area contributed by atoms with Crippen molar-refractivity contribution in [2.75, 3.05) is 6.67 Å².